The van der Waals surface area contributed by atoms with E-state index in [4.69, 9.17) is 9.47 Å². The van der Waals surface area contributed by atoms with Gasteiger partial charge >= 0.3 is 0 Å². The van der Waals surface area contributed by atoms with Crippen molar-refractivity contribution < 1.29 is 14.3 Å². The molecule has 0 saturated heterocycles. The minimum atomic E-state index is -0.219. The van der Waals surface area contributed by atoms with E-state index in [1.807, 2.05) is 44.2 Å². The molecule has 0 unspecified atom stereocenters. The van der Waals surface area contributed by atoms with Crippen LogP contribution in [0.4, 0.5) is 5.69 Å². The van der Waals surface area contributed by atoms with Crippen molar-refractivity contribution >= 4 is 34.4 Å². The molecule has 162 valence electrons. The van der Waals surface area contributed by atoms with Gasteiger partial charge in [-0.2, -0.15) is 0 Å². The van der Waals surface area contributed by atoms with E-state index in [0.717, 1.165) is 11.3 Å². The summed E-state index contributed by atoms with van der Waals surface area (Å²) in [5.74, 6) is 1.11. The maximum Gasteiger partial charge on any atom is 0.283 e. The number of hydrogen-bond donors (Lipinski definition) is 2. The van der Waals surface area contributed by atoms with Crippen molar-refractivity contribution in [2.75, 3.05) is 17.9 Å². The van der Waals surface area contributed by atoms with Gasteiger partial charge in [-0.15, -0.1) is 0 Å². The van der Waals surface area contributed by atoms with Crippen LogP contribution in [0.1, 0.15) is 11.3 Å². The number of amides is 1. The molecule has 0 fully saturated rings. The van der Waals surface area contributed by atoms with E-state index < -0.39 is 0 Å². The third-order valence-corrected chi connectivity index (χ3v) is 5.98. The molecule has 0 bridgehead atoms. The van der Waals surface area contributed by atoms with Crippen molar-refractivity contribution in [2.45, 2.75) is 19.0 Å². The fourth-order valence-electron chi connectivity index (χ4n) is 3.50. The number of aromatic nitrogens is 3. The van der Waals surface area contributed by atoms with Crippen molar-refractivity contribution in [3.63, 3.8) is 0 Å². The SMILES string of the molecule is Cc1ccc(-n2c(SCC(=O)Nc3ccc4c(c3)OCO4)nc3cc(C)[nH]c3c2=O)cc1. The summed E-state index contributed by atoms with van der Waals surface area (Å²) in [5.41, 5.74) is 4.06. The lowest BCUT2D eigenvalue weighted by molar-refractivity contribution is -0.113. The van der Waals surface area contributed by atoms with Gasteiger partial charge in [-0.1, -0.05) is 29.5 Å². The fourth-order valence-corrected chi connectivity index (χ4v) is 4.31. The van der Waals surface area contributed by atoms with Crippen LogP contribution in [0.15, 0.2) is 58.5 Å². The number of nitrogens with zero attached hydrogens (tertiary/aromatic N) is 2. The van der Waals surface area contributed by atoms with Crippen LogP contribution < -0.4 is 20.3 Å². The summed E-state index contributed by atoms with van der Waals surface area (Å²) in [6, 6.07) is 14.7. The van der Waals surface area contributed by atoms with Gasteiger partial charge in [0.15, 0.2) is 16.7 Å². The number of aromatic amines is 1. The molecule has 32 heavy (non-hydrogen) atoms. The molecule has 2 N–H and O–H groups in total. The van der Waals surface area contributed by atoms with Crippen LogP contribution in [0.5, 0.6) is 11.5 Å². The molecule has 5 rings (SSSR count). The molecular weight excluding hydrogens is 428 g/mol. The number of carbonyl (C=O) groups excluding carboxylic acids is 1. The molecule has 4 aromatic rings. The van der Waals surface area contributed by atoms with Gasteiger partial charge in [0.1, 0.15) is 5.52 Å². The molecule has 9 heteroatoms. The Labute approximate surface area is 187 Å². The first-order valence-electron chi connectivity index (χ1n) is 9.99. The molecule has 0 saturated carbocycles. The Balaban J connectivity index is 1.42. The van der Waals surface area contributed by atoms with E-state index in [1.54, 1.807) is 18.2 Å². The minimum absolute atomic E-state index is 0.0850. The third kappa shape index (κ3) is 3.82. The Morgan fingerprint density at radius 3 is 2.72 bits per heavy atom. The number of H-pyrrole nitrogens is 1. The second kappa shape index (κ2) is 8.08. The number of hydrogen-bond acceptors (Lipinski definition) is 6. The van der Waals surface area contributed by atoms with E-state index in [0.29, 0.717) is 39.1 Å². The molecular formula is C23H20N4O4S. The molecule has 8 nitrogen and oxygen atoms in total. The van der Waals surface area contributed by atoms with Crippen LogP contribution >= 0.6 is 11.8 Å². The van der Waals surface area contributed by atoms with E-state index in [9.17, 15) is 9.59 Å². The lowest BCUT2D eigenvalue weighted by atomic mass is 10.2. The highest BCUT2D eigenvalue weighted by molar-refractivity contribution is 7.99. The first kappa shape index (κ1) is 20.2. The van der Waals surface area contributed by atoms with Gasteiger partial charge in [0.05, 0.1) is 17.0 Å². The number of rotatable bonds is 5. The monoisotopic (exact) mass is 448 g/mol. The summed E-state index contributed by atoms with van der Waals surface area (Å²) in [5, 5.41) is 3.30. The van der Waals surface area contributed by atoms with Crippen LogP contribution in [-0.4, -0.2) is 33.0 Å². The normalized spacial score (nSPS) is 12.3. The molecule has 1 aliphatic rings. The molecule has 1 aliphatic heterocycles. The van der Waals surface area contributed by atoms with Gasteiger partial charge in [0, 0.05) is 17.4 Å². The van der Waals surface area contributed by atoms with Gasteiger partial charge < -0.3 is 19.8 Å². The van der Waals surface area contributed by atoms with Gasteiger partial charge in [-0.25, -0.2) is 4.98 Å². The van der Waals surface area contributed by atoms with Crippen molar-refractivity contribution in [1.82, 2.24) is 14.5 Å². The number of benzene rings is 2. The maximum atomic E-state index is 13.2. The number of carbonyl (C=O) groups is 1. The largest absolute Gasteiger partial charge is 0.454 e. The summed E-state index contributed by atoms with van der Waals surface area (Å²) >= 11 is 1.21. The zero-order chi connectivity index (χ0) is 22.2. The Hall–Kier alpha value is -3.72. The quantitative estimate of drug-likeness (QED) is 0.356. The fraction of sp³-hybridized carbons (Fsp3) is 0.174. The summed E-state index contributed by atoms with van der Waals surface area (Å²) in [4.78, 5) is 33.6. The first-order chi connectivity index (χ1) is 15.5. The van der Waals surface area contributed by atoms with Crippen LogP contribution in [0.2, 0.25) is 0 Å². The topological polar surface area (TPSA) is 98.2 Å². The van der Waals surface area contributed by atoms with Gasteiger partial charge in [-0.3, -0.25) is 14.2 Å². The van der Waals surface area contributed by atoms with E-state index in [-0.39, 0.29) is 24.0 Å². The highest BCUT2D eigenvalue weighted by Gasteiger charge is 2.17. The summed E-state index contributed by atoms with van der Waals surface area (Å²) < 4.78 is 12.2. The molecule has 1 amide bonds. The Bertz CT molecular complexity index is 1390. The minimum Gasteiger partial charge on any atom is -0.454 e. The highest BCUT2D eigenvalue weighted by atomic mass is 32.2. The first-order valence-corrected chi connectivity index (χ1v) is 11.0. The van der Waals surface area contributed by atoms with Gasteiger partial charge in [0.2, 0.25) is 12.7 Å². The second-order valence-corrected chi connectivity index (χ2v) is 8.43. The molecule has 0 atom stereocenters. The Kier molecular flexibility index (Phi) is 5.10. The summed E-state index contributed by atoms with van der Waals surface area (Å²) in [6.45, 7) is 4.04. The molecule has 0 aliphatic carbocycles. The van der Waals surface area contributed by atoms with Crippen LogP contribution in [0.3, 0.4) is 0 Å². The number of thioether (sulfide) groups is 1. The van der Waals surface area contributed by atoms with Crippen LogP contribution in [0, 0.1) is 13.8 Å². The smallest absolute Gasteiger partial charge is 0.283 e. The van der Waals surface area contributed by atoms with E-state index in [1.165, 1.54) is 16.3 Å². The molecule has 3 heterocycles. The Morgan fingerprint density at radius 1 is 1.12 bits per heavy atom. The molecule has 2 aromatic heterocycles. The Morgan fingerprint density at radius 2 is 1.91 bits per heavy atom. The highest BCUT2D eigenvalue weighted by Crippen LogP contribution is 2.34. The number of aryl methyl sites for hydroxylation is 2. The van der Waals surface area contributed by atoms with Crippen molar-refractivity contribution in [3.8, 4) is 17.2 Å². The predicted molar refractivity (Wildman–Crippen MR) is 123 cm³/mol. The zero-order valence-corrected chi connectivity index (χ0v) is 18.3. The number of ether oxygens (including phenoxy) is 2. The van der Waals surface area contributed by atoms with Crippen LogP contribution in [0.25, 0.3) is 16.7 Å². The summed E-state index contributed by atoms with van der Waals surface area (Å²) in [6.07, 6.45) is 0. The molecule has 0 spiro atoms. The van der Waals surface area contributed by atoms with Gasteiger partial charge in [-0.05, 0) is 44.2 Å². The van der Waals surface area contributed by atoms with Crippen LogP contribution in [-0.2, 0) is 4.79 Å². The van der Waals surface area contributed by atoms with Crippen molar-refractivity contribution in [2.24, 2.45) is 0 Å². The van der Waals surface area contributed by atoms with E-state index >= 15 is 0 Å². The van der Waals surface area contributed by atoms with Crippen molar-refractivity contribution in [3.05, 3.63) is 70.1 Å². The predicted octanol–water partition coefficient (Wildman–Crippen LogP) is 3.79. The maximum absolute atomic E-state index is 13.2. The summed E-state index contributed by atoms with van der Waals surface area (Å²) in [7, 11) is 0. The van der Waals surface area contributed by atoms with Gasteiger partial charge in [0.25, 0.3) is 5.56 Å². The molecule has 0 radical (unpaired) electrons. The third-order valence-electron chi connectivity index (χ3n) is 5.04. The number of anilines is 1. The lowest BCUT2D eigenvalue weighted by Gasteiger charge is -2.12. The second-order valence-electron chi connectivity index (χ2n) is 7.49. The standard InChI is InChI=1S/C23H20N4O4S/c1-13-3-6-16(7-4-13)27-22(29)21-17(9-14(2)24-21)26-23(27)32-11-20(28)25-15-5-8-18-19(10-15)31-12-30-18/h3-10,24H,11-12H2,1-2H3,(H,25,28). The average Bonchev–Trinajstić information content (AvgIpc) is 3.39. The van der Waals surface area contributed by atoms with Crippen molar-refractivity contribution in [1.29, 1.82) is 0 Å². The van der Waals surface area contributed by atoms with E-state index in [2.05, 4.69) is 15.3 Å². The average molecular weight is 449 g/mol. The number of fused-ring (bicyclic) bond motifs is 2. The molecule has 2 aromatic carbocycles. The zero-order valence-electron chi connectivity index (χ0n) is 17.5. The lowest BCUT2D eigenvalue weighted by Crippen LogP contribution is -2.23. The number of nitrogens with one attached hydrogen (secondary N) is 2.